The summed E-state index contributed by atoms with van der Waals surface area (Å²) >= 11 is 0. The maximum Gasteiger partial charge on any atom is 0.416 e. The van der Waals surface area contributed by atoms with Gasteiger partial charge in [0.15, 0.2) is 5.65 Å². The smallest absolute Gasteiger partial charge is 0.398 e. The summed E-state index contributed by atoms with van der Waals surface area (Å²) in [6.07, 6.45) is -2.82. The largest absolute Gasteiger partial charge is 0.416 e. The molecule has 4 nitrogen and oxygen atoms in total. The summed E-state index contributed by atoms with van der Waals surface area (Å²) in [5.74, 6) is 0.354. The van der Waals surface area contributed by atoms with Crippen molar-refractivity contribution in [1.82, 2.24) is 14.5 Å². The number of nitrogens with zero attached hydrogens (tertiary/aromatic N) is 3. The Labute approximate surface area is 118 Å². The molecule has 108 valence electrons. The lowest BCUT2D eigenvalue weighted by Gasteiger charge is -2.11. The molecule has 0 spiro atoms. The Bertz CT molecular complexity index is 821. The second kappa shape index (κ2) is 4.47. The normalized spacial score (nSPS) is 12.0. The fourth-order valence-corrected chi connectivity index (χ4v) is 2.19. The second-order valence-corrected chi connectivity index (χ2v) is 4.64. The first kappa shape index (κ1) is 13.4. The number of hydrogen-bond donors (Lipinski definition) is 1. The first-order chi connectivity index (χ1) is 9.88. The Kier molecular flexibility index (Phi) is 2.86. The Morgan fingerprint density at radius 1 is 1.19 bits per heavy atom. The highest BCUT2D eigenvalue weighted by Crippen LogP contribution is 2.35. The highest BCUT2D eigenvalue weighted by molar-refractivity contribution is 5.81. The molecule has 2 heterocycles. The zero-order valence-corrected chi connectivity index (χ0v) is 11.0. The van der Waals surface area contributed by atoms with Crippen LogP contribution in [0.4, 0.5) is 18.9 Å². The van der Waals surface area contributed by atoms with Gasteiger partial charge >= 0.3 is 6.18 Å². The van der Waals surface area contributed by atoms with Crippen LogP contribution in [-0.4, -0.2) is 14.5 Å². The molecular formula is C14H11F3N4. The lowest BCUT2D eigenvalue weighted by Crippen LogP contribution is -2.06. The molecule has 0 aliphatic heterocycles. The van der Waals surface area contributed by atoms with Crippen molar-refractivity contribution in [2.24, 2.45) is 7.05 Å². The van der Waals surface area contributed by atoms with E-state index in [1.165, 1.54) is 6.07 Å². The molecule has 0 saturated carbocycles. The van der Waals surface area contributed by atoms with Crippen LogP contribution < -0.4 is 5.73 Å². The fourth-order valence-electron chi connectivity index (χ4n) is 2.19. The molecule has 2 aromatic heterocycles. The quantitative estimate of drug-likeness (QED) is 0.700. The molecule has 0 bridgehead atoms. The summed E-state index contributed by atoms with van der Waals surface area (Å²) in [5.41, 5.74) is 6.73. The average Bonchev–Trinajstić information content (AvgIpc) is 2.76. The number of alkyl halides is 3. The number of aryl methyl sites for hydroxylation is 1. The average molecular weight is 292 g/mol. The number of anilines is 1. The number of rotatable bonds is 1. The van der Waals surface area contributed by atoms with Crippen molar-refractivity contribution in [3.05, 3.63) is 42.1 Å². The van der Waals surface area contributed by atoms with Gasteiger partial charge in [0, 0.05) is 24.5 Å². The number of nitrogen functional groups attached to an aromatic ring is 1. The molecule has 3 rings (SSSR count). The van der Waals surface area contributed by atoms with Crippen LogP contribution in [0.15, 0.2) is 36.5 Å². The number of aromatic nitrogens is 3. The lowest BCUT2D eigenvalue weighted by atomic mass is 10.1. The van der Waals surface area contributed by atoms with Gasteiger partial charge < -0.3 is 10.3 Å². The van der Waals surface area contributed by atoms with Gasteiger partial charge in [-0.3, -0.25) is 0 Å². The summed E-state index contributed by atoms with van der Waals surface area (Å²) in [4.78, 5) is 8.48. The third-order valence-electron chi connectivity index (χ3n) is 3.25. The first-order valence-electron chi connectivity index (χ1n) is 6.12. The zero-order chi connectivity index (χ0) is 15.2. The molecule has 0 atom stereocenters. The van der Waals surface area contributed by atoms with E-state index in [1.807, 2.05) is 0 Å². The van der Waals surface area contributed by atoms with Gasteiger partial charge in [0.2, 0.25) is 0 Å². The molecule has 3 aromatic rings. The number of halogens is 3. The monoisotopic (exact) mass is 292 g/mol. The van der Waals surface area contributed by atoms with Gasteiger partial charge in [-0.15, -0.1) is 0 Å². The lowest BCUT2D eigenvalue weighted by molar-refractivity contribution is -0.137. The number of hydrogen-bond acceptors (Lipinski definition) is 3. The van der Waals surface area contributed by atoms with Crippen LogP contribution >= 0.6 is 0 Å². The molecule has 0 radical (unpaired) electrons. The van der Waals surface area contributed by atoms with E-state index >= 15 is 0 Å². The van der Waals surface area contributed by atoms with Crippen molar-refractivity contribution in [1.29, 1.82) is 0 Å². The van der Waals surface area contributed by atoms with E-state index < -0.39 is 11.7 Å². The zero-order valence-electron chi connectivity index (χ0n) is 11.0. The second-order valence-electron chi connectivity index (χ2n) is 4.64. The Morgan fingerprint density at radius 2 is 1.95 bits per heavy atom. The predicted octanol–water partition coefficient (Wildman–Crippen LogP) is 3.24. The molecule has 1 aromatic carbocycles. The third kappa shape index (κ3) is 2.20. The molecule has 0 saturated heterocycles. The van der Waals surface area contributed by atoms with E-state index in [-0.39, 0.29) is 11.3 Å². The summed E-state index contributed by atoms with van der Waals surface area (Å²) in [7, 11) is 1.69. The van der Waals surface area contributed by atoms with Gasteiger partial charge in [0.05, 0.1) is 5.56 Å². The van der Waals surface area contributed by atoms with E-state index in [0.29, 0.717) is 17.0 Å². The van der Waals surface area contributed by atoms with Gasteiger partial charge in [-0.1, -0.05) is 0 Å². The van der Waals surface area contributed by atoms with Crippen molar-refractivity contribution in [2.45, 2.75) is 6.18 Å². The van der Waals surface area contributed by atoms with Gasteiger partial charge in [0.1, 0.15) is 11.3 Å². The van der Waals surface area contributed by atoms with Crippen LogP contribution in [0.3, 0.4) is 0 Å². The number of nitrogens with two attached hydrogens (primary N) is 1. The highest BCUT2D eigenvalue weighted by atomic mass is 19.4. The number of fused-ring (bicyclic) bond motifs is 1. The fraction of sp³-hybridized carbons (Fsp3) is 0.143. The van der Waals surface area contributed by atoms with Crippen LogP contribution in [-0.2, 0) is 13.2 Å². The Morgan fingerprint density at radius 3 is 2.62 bits per heavy atom. The van der Waals surface area contributed by atoms with Crippen LogP contribution in [0.5, 0.6) is 0 Å². The minimum absolute atomic E-state index is 0.237. The standard InChI is InChI=1S/C14H11F3N4/c1-21-12(20-11-3-2-6-19-13(11)21)9-7-8(14(15,16)17)4-5-10(9)18/h2-7H,18H2,1H3. The Balaban J connectivity index is 2.25. The molecule has 21 heavy (non-hydrogen) atoms. The van der Waals surface area contributed by atoms with Crippen molar-refractivity contribution < 1.29 is 13.2 Å². The molecule has 2 N–H and O–H groups in total. The van der Waals surface area contributed by atoms with Crippen LogP contribution in [0.25, 0.3) is 22.6 Å². The maximum atomic E-state index is 12.8. The van der Waals surface area contributed by atoms with Crippen LogP contribution in [0, 0.1) is 0 Å². The molecule has 0 unspecified atom stereocenters. The van der Waals surface area contributed by atoms with Crippen molar-refractivity contribution in [2.75, 3.05) is 5.73 Å². The van der Waals surface area contributed by atoms with E-state index in [1.54, 1.807) is 29.9 Å². The first-order valence-corrected chi connectivity index (χ1v) is 6.12. The number of benzene rings is 1. The summed E-state index contributed by atoms with van der Waals surface area (Å²) in [6, 6.07) is 6.67. The molecule has 0 aliphatic rings. The topological polar surface area (TPSA) is 56.7 Å². The maximum absolute atomic E-state index is 12.8. The summed E-state index contributed by atoms with van der Waals surface area (Å²) in [5, 5.41) is 0. The molecule has 0 amide bonds. The highest BCUT2D eigenvalue weighted by Gasteiger charge is 2.31. The minimum Gasteiger partial charge on any atom is -0.398 e. The van der Waals surface area contributed by atoms with Crippen LogP contribution in [0.1, 0.15) is 5.56 Å². The molecular weight excluding hydrogens is 281 g/mol. The summed E-state index contributed by atoms with van der Waals surface area (Å²) in [6.45, 7) is 0. The van der Waals surface area contributed by atoms with Gasteiger partial charge in [-0.05, 0) is 30.3 Å². The van der Waals surface area contributed by atoms with Crippen LogP contribution in [0.2, 0.25) is 0 Å². The Hall–Kier alpha value is -2.57. The van der Waals surface area contributed by atoms with E-state index in [4.69, 9.17) is 5.73 Å². The van der Waals surface area contributed by atoms with Gasteiger partial charge in [-0.25, -0.2) is 9.97 Å². The van der Waals surface area contributed by atoms with E-state index in [0.717, 1.165) is 12.1 Å². The number of imidazole rings is 1. The molecule has 7 heteroatoms. The van der Waals surface area contributed by atoms with Crippen molar-refractivity contribution >= 4 is 16.9 Å². The molecule has 0 fully saturated rings. The van der Waals surface area contributed by atoms with E-state index in [9.17, 15) is 13.2 Å². The summed E-state index contributed by atoms with van der Waals surface area (Å²) < 4.78 is 40.1. The molecule has 0 aliphatic carbocycles. The van der Waals surface area contributed by atoms with Gasteiger partial charge in [0.25, 0.3) is 0 Å². The van der Waals surface area contributed by atoms with E-state index in [2.05, 4.69) is 9.97 Å². The SMILES string of the molecule is Cn1c(-c2cc(C(F)(F)F)ccc2N)nc2cccnc21. The minimum atomic E-state index is -4.43. The third-order valence-corrected chi connectivity index (χ3v) is 3.25. The van der Waals surface area contributed by atoms with Crippen molar-refractivity contribution in [3.63, 3.8) is 0 Å². The number of pyridine rings is 1. The predicted molar refractivity (Wildman–Crippen MR) is 73.4 cm³/mol. The van der Waals surface area contributed by atoms with Gasteiger partial charge in [-0.2, -0.15) is 13.2 Å². The van der Waals surface area contributed by atoms with Crippen molar-refractivity contribution in [3.8, 4) is 11.4 Å².